The number of aryl methyl sites for hydroxylation is 1. The highest BCUT2D eigenvalue weighted by atomic mass is 127. The second kappa shape index (κ2) is 6.34. The lowest BCUT2D eigenvalue weighted by molar-refractivity contribution is 0.112. The standard InChI is InChI=1S/C11H18IN3O/c1-5-6-13-11-9(12)7(2)14-10(15-11)8(3)16-4/h8H,5-6H2,1-4H3,(H,13,14,15). The summed E-state index contributed by atoms with van der Waals surface area (Å²) in [4.78, 5) is 8.92. The molecule has 0 spiro atoms. The number of methoxy groups -OCH3 is 1. The second-order valence-electron chi connectivity index (χ2n) is 3.63. The van der Waals surface area contributed by atoms with Crippen LogP contribution in [0.2, 0.25) is 0 Å². The zero-order valence-corrected chi connectivity index (χ0v) is 12.3. The second-order valence-corrected chi connectivity index (χ2v) is 4.71. The van der Waals surface area contributed by atoms with Crippen LogP contribution in [0, 0.1) is 10.5 Å². The van der Waals surface area contributed by atoms with Gasteiger partial charge in [0.15, 0.2) is 5.82 Å². The van der Waals surface area contributed by atoms with E-state index in [-0.39, 0.29) is 6.10 Å². The van der Waals surface area contributed by atoms with Gasteiger partial charge in [-0.3, -0.25) is 0 Å². The van der Waals surface area contributed by atoms with Crippen molar-refractivity contribution in [1.82, 2.24) is 9.97 Å². The summed E-state index contributed by atoms with van der Waals surface area (Å²) in [6.07, 6.45) is 1.01. The lowest BCUT2D eigenvalue weighted by Crippen LogP contribution is -2.11. The molecule has 1 atom stereocenters. The Morgan fingerprint density at radius 1 is 1.44 bits per heavy atom. The van der Waals surface area contributed by atoms with Gasteiger partial charge in [-0.15, -0.1) is 0 Å². The van der Waals surface area contributed by atoms with Gasteiger partial charge in [0.25, 0.3) is 0 Å². The molecule has 1 aromatic heterocycles. The number of anilines is 1. The summed E-state index contributed by atoms with van der Waals surface area (Å²) in [6, 6.07) is 0. The van der Waals surface area contributed by atoms with Crippen LogP contribution in [0.15, 0.2) is 0 Å². The molecule has 0 aromatic carbocycles. The van der Waals surface area contributed by atoms with Crippen LogP contribution in [-0.2, 0) is 4.74 Å². The molecule has 16 heavy (non-hydrogen) atoms. The van der Waals surface area contributed by atoms with Crippen molar-refractivity contribution >= 4 is 28.4 Å². The Balaban J connectivity index is 3.01. The van der Waals surface area contributed by atoms with Crippen LogP contribution in [0.4, 0.5) is 5.82 Å². The first-order valence-electron chi connectivity index (χ1n) is 5.40. The van der Waals surface area contributed by atoms with E-state index in [0.29, 0.717) is 0 Å². The van der Waals surface area contributed by atoms with E-state index in [0.717, 1.165) is 33.9 Å². The van der Waals surface area contributed by atoms with Crippen molar-refractivity contribution in [3.8, 4) is 0 Å². The fraction of sp³-hybridized carbons (Fsp3) is 0.636. The predicted molar refractivity (Wildman–Crippen MR) is 73.7 cm³/mol. The monoisotopic (exact) mass is 335 g/mol. The first-order valence-corrected chi connectivity index (χ1v) is 6.48. The van der Waals surface area contributed by atoms with E-state index < -0.39 is 0 Å². The topological polar surface area (TPSA) is 47.0 Å². The molecule has 0 radical (unpaired) electrons. The minimum absolute atomic E-state index is 0.0714. The molecule has 0 saturated carbocycles. The van der Waals surface area contributed by atoms with Gasteiger partial charge in [-0.1, -0.05) is 6.92 Å². The third-order valence-electron chi connectivity index (χ3n) is 2.29. The number of rotatable bonds is 5. The van der Waals surface area contributed by atoms with Crippen molar-refractivity contribution in [3.63, 3.8) is 0 Å². The summed E-state index contributed by atoms with van der Waals surface area (Å²) in [7, 11) is 1.67. The van der Waals surface area contributed by atoms with E-state index in [1.807, 2.05) is 13.8 Å². The lowest BCUT2D eigenvalue weighted by Gasteiger charge is -2.13. The predicted octanol–water partition coefficient (Wildman–Crippen LogP) is 2.92. The fourth-order valence-corrected chi connectivity index (χ4v) is 1.66. The van der Waals surface area contributed by atoms with Crippen molar-refractivity contribution < 1.29 is 4.74 Å². The molecule has 1 rings (SSSR count). The van der Waals surface area contributed by atoms with Gasteiger partial charge in [-0.05, 0) is 42.9 Å². The SMILES string of the molecule is CCCNc1nc(C(C)OC)nc(C)c1I. The number of aromatic nitrogens is 2. The molecule has 4 nitrogen and oxygen atoms in total. The van der Waals surface area contributed by atoms with Gasteiger partial charge in [0.2, 0.25) is 0 Å². The Morgan fingerprint density at radius 2 is 2.12 bits per heavy atom. The summed E-state index contributed by atoms with van der Waals surface area (Å²) in [5.41, 5.74) is 0.994. The lowest BCUT2D eigenvalue weighted by atomic mass is 10.3. The summed E-state index contributed by atoms with van der Waals surface area (Å²) in [6.45, 7) is 7.00. The van der Waals surface area contributed by atoms with E-state index in [1.165, 1.54) is 0 Å². The van der Waals surface area contributed by atoms with Crippen LogP contribution < -0.4 is 5.32 Å². The van der Waals surface area contributed by atoms with Crippen molar-refractivity contribution in [3.05, 3.63) is 15.1 Å². The van der Waals surface area contributed by atoms with Gasteiger partial charge in [0, 0.05) is 13.7 Å². The van der Waals surface area contributed by atoms with Crippen molar-refractivity contribution in [2.24, 2.45) is 0 Å². The third-order valence-corrected chi connectivity index (χ3v) is 3.59. The summed E-state index contributed by atoms with van der Waals surface area (Å²) in [5.74, 6) is 1.65. The number of halogens is 1. The molecule has 1 aromatic rings. The molecular formula is C11H18IN3O. The highest BCUT2D eigenvalue weighted by Crippen LogP contribution is 2.21. The van der Waals surface area contributed by atoms with Crippen molar-refractivity contribution in [1.29, 1.82) is 0 Å². The summed E-state index contributed by atoms with van der Waals surface area (Å²) < 4.78 is 6.32. The minimum Gasteiger partial charge on any atom is -0.374 e. The molecule has 1 unspecified atom stereocenters. The summed E-state index contributed by atoms with van der Waals surface area (Å²) in [5, 5.41) is 3.31. The zero-order valence-electron chi connectivity index (χ0n) is 10.2. The highest BCUT2D eigenvalue weighted by molar-refractivity contribution is 14.1. The minimum atomic E-state index is -0.0714. The van der Waals surface area contributed by atoms with Crippen LogP contribution in [0.5, 0.6) is 0 Å². The van der Waals surface area contributed by atoms with Crippen LogP contribution >= 0.6 is 22.6 Å². The molecule has 0 amide bonds. The van der Waals surface area contributed by atoms with Gasteiger partial charge >= 0.3 is 0 Å². The van der Waals surface area contributed by atoms with Crippen LogP contribution in [0.25, 0.3) is 0 Å². The zero-order chi connectivity index (χ0) is 12.1. The normalized spacial score (nSPS) is 12.6. The number of nitrogens with one attached hydrogen (secondary N) is 1. The van der Waals surface area contributed by atoms with Crippen LogP contribution in [-0.4, -0.2) is 23.6 Å². The number of nitrogens with zero attached hydrogens (tertiary/aromatic N) is 2. The molecular weight excluding hydrogens is 317 g/mol. The molecule has 0 aliphatic rings. The van der Waals surface area contributed by atoms with Crippen LogP contribution in [0.1, 0.15) is 37.9 Å². The van der Waals surface area contributed by atoms with Gasteiger partial charge < -0.3 is 10.1 Å². The third kappa shape index (κ3) is 3.28. The Labute approximate surface area is 110 Å². The average molecular weight is 335 g/mol. The number of hydrogen-bond donors (Lipinski definition) is 1. The molecule has 0 fully saturated rings. The molecule has 0 saturated heterocycles. The highest BCUT2D eigenvalue weighted by Gasteiger charge is 2.13. The Morgan fingerprint density at radius 3 is 2.69 bits per heavy atom. The van der Waals surface area contributed by atoms with Gasteiger partial charge in [0.1, 0.15) is 11.9 Å². The smallest absolute Gasteiger partial charge is 0.159 e. The van der Waals surface area contributed by atoms with Gasteiger partial charge in [0.05, 0.1) is 9.26 Å². The van der Waals surface area contributed by atoms with Crippen molar-refractivity contribution in [2.45, 2.75) is 33.3 Å². The Bertz CT molecular complexity index is 357. The fourth-order valence-electron chi connectivity index (χ4n) is 1.23. The Kier molecular flexibility index (Phi) is 5.40. The van der Waals surface area contributed by atoms with E-state index in [4.69, 9.17) is 4.74 Å². The van der Waals surface area contributed by atoms with Gasteiger partial charge in [-0.25, -0.2) is 9.97 Å². The van der Waals surface area contributed by atoms with E-state index >= 15 is 0 Å². The van der Waals surface area contributed by atoms with E-state index in [2.05, 4.69) is 44.8 Å². The maximum Gasteiger partial charge on any atom is 0.159 e. The number of hydrogen-bond acceptors (Lipinski definition) is 4. The largest absolute Gasteiger partial charge is 0.374 e. The molecule has 0 aliphatic carbocycles. The average Bonchev–Trinajstić information content (AvgIpc) is 2.29. The molecule has 1 heterocycles. The molecule has 1 N–H and O–H groups in total. The molecule has 0 bridgehead atoms. The molecule has 0 aliphatic heterocycles. The van der Waals surface area contributed by atoms with Crippen molar-refractivity contribution in [2.75, 3.05) is 19.0 Å². The molecule has 5 heteroatoms. The molecule has 90 valence electrons. The van der Waals surface area contributed by atoms with Crippen LogP contribution in [0.3, 0.4) is 0 Å². The first kappa shape index (κ1) is 13.6. The Hall–Kier alpha value is -0.430. The van der Waals surface area contributed by atoms with E-state index in [1.54, 1.807) is 7.11 Å². The first-order chi connectivity index (χ1) is 7.60. The maximum absolute atomic E-state index is 5.24. The number of ether oxygens (including phenoxy) is 1. The maximum atomic E-state index is 5.24. The summed E-state index contributed by atoms with van der Waals surface area (Å²) >= 11 is 2.27. The van der Waals surface area contributed by atoms with Gasteiger partial charge in [-0.2, -0.15) is 0 Å². The quantitative estimate of drug-likeness (QED) is 0.841. The van der Waals surface area contributed by atoms with E-state index in [9.17, 15) is 0 Å².